The summed E-state index contributed by atoms with van der Waals surface area (Å²) < 4.78 is 14.0. The smallest absolute Gasteiger partial charge is 0.324 e. The molecule has 15 nitrogen and oxygen atoms in total. The Hall–Kier alpha value is -5.63. The standard InChI is InChI=1S/C48H60N8O7S/c1-10-13-40(57)55-21-18-31(25-55)45(59)54(8)42(28(2)3)44(58)51-36-23-39-50-37(26-64-39)30-16-17-38-33(22-30)34(43(53(38)7)32-14-11-19-49-41(32)29(4)62-9)24-48(5,6)27-63-47(61)35-15-12-20-56(52-35)46(36)60/h11,14,16-17,19,22,26,28-29,31,35-36,42,52H,12,15,18,20-21,23-25,27H2,1-9H3,(H,51,58)/t29-,31-,35-,36-,42?/m0/s1. The summed E-state index contributed by atoms with van der Waals surface area (Å²) in [7, 11) is 5.32. The zero-order chi connectivity index (χ0) is 46.0. The molecule has 7 rings (SSSR count). The molecular weight excluding hydrogens is 833 g/mol. The maximum Gasteiger partial charge on any atom is 0.324 e. The summed E-state index contributed by atoms with van der Waals surface area (Å²) in [6.45, 7) is 12.5. The van der Waals surface area contributed by atoms with Crippen LogP contribution in [0.4, 0.5) is 0 Å². The molecule has 0 radical (unpaired) electrons. The van der Waals surface area contributed by atoms with Gasteiger partial charge in [-0.25, -0.2) is 10.4 Å². The number of pyridine rings is 1. The highest BCUT2D eigenvalue weighted by Crippen LogP contribution is 2.41. The number of nitrogens with one attached hydrogen (secondary N) is 2. The quantitative estimate of drug-likeness (QED) is 0.180. The minimum atomic E-state index is -1.09. The zero-order valence-electron chi connectivity index (χ0n) is 38.3. The first-order valence-corrected chi connectivity index (χ1v) is 23.0. The van der Waals surface area contributed by atoms with E-state index < -0.39 is 47.2 Å². The molecule has 3 aliphatic heterocycles. The first kappa shape index (κ1) is 46.4. The highest BCUT2D eigenvalue weighted by atomic mass is 32.1. The van der Waals surface area contributed by atoms with Gasteiger partial charge in [0.2, 0.25) is 11.8 Å². The molecule has 2 fully saturated rings. The molecule has 6 bridgehead atoms. The second-order valence-corrected chi connectivity index (χ2v) is 19.3. The van der Waals surface area contributed by atoms with Crippen LogP contribution in [-0.2, 0) is 53.3 Å². The van der Waals surface area contributed by atoms with Crippen molar-refractivity contribution in [3.8, 4) is 34.4 Å². The molecule has 4 amide bonds. The number of carbonyl (C=O) groups is 5. The molecule has 5 atom stereocenters. The number of nitrogens with zero attached hydrogens (tertiary/aromatic N) is 6. The van der Waals surface area contributed by atoms with Gasteiger partial charge in [-0.15, -0.1) is 11.3 Å². The molecule has 4 aromatic rings. The molecular formula is C48H60N8O7S. The molecule has 0 aliphatic carbocycles. The number of rotatable bonds is 8. The topological polar surface area (TPSA) is 168 Å². The molecule has 340 valence electrons. The Morgan fingerprint density at radius 1 is 1.12 bits per heavy atom. The van der Waals surface area contributed by atoms with Gasteiger partial charge in [0.1, 0.15) is 18.1 Å². The summed E-state index contributed by atoms with van der Waals surface area (Å²) in [4.78, 5) is 82.0. The van der Waals surface area contributed by atoms with Crippen molar-refractivity contribution < 1.29 is 33.4 Å². The Morgan fingerprint density at radius 3 is 2.64 bits per heavy atom. The van der Waals surface area contributed by atoms with Gasteiger partial charge in [0.05, 0.1) is 40.7 Å². The molecule has 64 heavy (non-hydrogen) atoms. The fourth-order valence-electron chi connectivity index (χ4n) is 9.31. The Morgan fingerprint density at radius 2 is 1.91 bits per heavy atom. The summed E-state index contributed by atoms with van der Waals surface area (Å²) in [5.41, 5.74) is 9.11. The average molecular weight is 893 g/mol. The largest absolute Gasteiger partial charge is 0.464 e. The molecule has 3 aliphatic rings. The van der Waals surface area contributed by atoms with Gasteiger partial charge in [0.15, 0.2) is 0 Å². The van der Waals surface area contributed by atoms with Crippen molar-refractivity contribution >= 4 is 51.8 Å². The number of hydrogen-bond acceptors (Lipinski definition) is 11. The van der Waals surface area contributed by atoms with Crippen molar-refractivity contribution in [2.45, 2.75) is 97.9 Å². The van der Waals surface area contributed by atoms with Gasteiger partial charge in [-0.1, -0.05) is 39.7 Å². The number of fused-ring (bicyclic) bond motifs is 6. The molecule has 0 spiro atoms. The molecule has 16 heteroatoms. The van der Waals surface area contributed by atoms with Gasteiger partial charge < -0.3 is 29.2 Å². The number of ether oxygens (including phenoxy) is 2. The number of likely N-dealkylation sites (tertiary alicyclic amines) is 1. The van der Waals surface area contributed by atoms with Crippen LogP contribution in [0.2, 0.25) is 0 Å². The molecule has 3 aromatic heterocycles. The summed E-state index contributed by atoms with van der Waals surface area (Å²) in [5, 5.41) is 8.04. The summed E-state index contributed by atoms with van der Waals surface area (Å²) >= 11 is 1.40. The van der Waals surface area contributed by atoms with Crippen LogP contribution in [0.5, 0.6) is 0 Å². The van der Waals surface area contributed by atoms with Crippen LogP contribution in [0.3, 0.4) is 0 Å². The van der Waals surface area contributed by atoms with Crippen LogP contribution in [-0.4, -0.2) is 117 Å². The molecule has 6 heterocycles. The van der Waals surface area contributed by atoms with Crippen molar-refractivity contribution in [3.05, 3.63) is 58.2 Å². The van der Waals surface area contributed by atoms with Crippen LogP contribution in [0.25, 0.3) is 33.4 Å². The lowest BCUT2D eigenvalue weighted by molar-refractivity contribution is -0.155. The number of thiazole rings is 1. The van der Waals surface area contributed by atoms with E-state index in [2.05, 4.69) is 66.2 Å². The second kappa shape index (κ2) is 19.2. The van der Waals surface area contributed by atoms with E-state index in [1.54, 1.807) is 32.2 Å². The van der Waals surface area contributed by atoms with Crippen molar-refractivity contribution in [2.75, 3.05) is 40.4 Å². The number of methoxy groups -OCH3 is 1. The number of esters is 1. The van der Waals surface area contributed by atoms with Crippen LogP contribution < -0.4 is 10.7 Å². The van der Waals surface area contributed by atoms with Crippen molar-refractivity contribution in [3.63, 3.8) is 0 Å². The van der Waals surface area contributed by atoms with Crippen LogP contribution in [0, 0.1) is 29.1 Å². The summed E-state index contributed by atoms with van der Waals surface area (Å²) in [6, 6.07) is 7.50. The number of aryl methyl sites for hydroxylation is 1. The molecule has 1 aromatic carbocycles. The maximum atomic E-state index is 14.6. The van der Waals surface area contributed by atoms with E-state index in [0.717, 1.165) is 44.7 Å². The third-order valence-corrected chi connectivity index (χ3v) is 13.6. The molecule has 0 saturated carbocycles. The Labute approximate surface area is 379 Å². The predicted molar refractivity (Wildman–Crippen MR) is 244 cm³/mol. The van der Waals surface area contributed by atoms with E-state index in [4.69, 9.17) is 19.4 Å². The Balaban J connectivity index is 1.25. The highest BCUT2D eigenvalue weighted by Gasteiger charge is 2.40. The van der Waals surface area contributed by atoms with E-state index in [1.807, 2.05) is 38.3 Å². The minimum Gasteiger partial charge on any atom is -0.464 e. The van der Waals surface area contributed by atoms with Crippen molar-refractivity contribution in [1.29, 1.82) is 0 Å². The van der Waals surface area contributed by atoms with Gasteiger partial charge >= 0.3 is 5.97 Å². The van der Waals surface area contributed by atoms with Crippen molar-refractivity contribution in [2.24, 2.45) is 24.3 Å². The van der Waals surface area contributed by atoms with Gasteiger partial charge in [-0.2, -0.15) is 0 Å². The molecule has 1 unspecified atom stereocenters. The fraction of sp³-hybridized carbons (Fsp3) is 0.521. The van der Waals surface area contributed by atoms with E-state index in [9.17, 15) is 24.0 Å². The number of aromatic nitrogens is 3. The van der Waals surface area contributed by atoms with Crippen LogP contribution in [0.1, 0.15) is 83.2 Å². The molecule has 2 saturated heterocycles. The van der Waals surface area contributed by atoms with E-state index in [1.165, 1.54) is 21.2 Å². The van der Waals surface area contributed by atoms with Gasteiger partial charge in [0.25, 0.3) is 11.8 Å². The number of carbonyl (C=O) groups excluding carboxylic acids is 5. The maximum absolute atomic E-state index is 14.6. The normalized spacial score (nSPS) is 21.1. The average Bonchev–Trinajstić information content (AvgIpc) is 4.03. The summed E-state index contributed by atoms with van der Waals surface area (Å²) in [6.07, 6.45) is 3.62. The first-order valence-electron chi connectivity index (χ1n) is 22.1. The van der Waals surface area contributed by atoms with E-state index in [-0.39, 0.29) is 43.4 Å². The number of hydrogen-bond donors (Lipinski definition) is 2. The molecule has 2 N–H and O–H groups in total. The van der Waals surface area contributed by atoms with Gasteiger partial charge in [-0.05, 0) is 81.2 Å². The van der Waals surface area contributed by atoms with Crippen molar-refractivity contribution in [1.82, 2.24) is 40.1 Å². The predicted octanol–water partition coefficient (Wildman–Crippen LogP) is 5.07. The summed E-state index contributed by atoms with van der Waals surface area (Å²) in [5.74, 6) is 2.39. The second-order valence-electron chi connectivity index (χ2n) is 18.3. The minimum absolute atomic E-state index is 0.0712. The lowest BCUT2D eigenvalue weighted by atomic mass is 9.84. The number of benzene rings is 1. The van der Waals surface area contributed by atoms with Crippen LogP contribution >= 0.6 is 11.3 Å². The first-order chi connectivity index (χ1) is 30.5. The third kappa shape index (κ3) is 9.57. The Bertz CT molecular complexity index is 2500. The number of amides is 4. The van der Waals surface area contributed by atoms with E-state index in [0.29, 0.717) is 43.8 Å². The SMILES string of the molecule is CC#CC(=O)N1CC[C@H](C(=O)N(C)C(C(=O)N[C@H]2Cc3nc(cs3)-c3ccc4c(c3)c(c(-c3cccnc3[C@H](C)OC)n4C)CC(C)(C)COC(=O)[C@@H]3CCCN(N3)C2=O)C(C)C)C1. The lowest BCUT2D eigenvalue weighted by Gasteiger charge is -2.36. The highest BCUT2D eigenvalue weighted by molar-refractivity contribution is 7.10. The number of hydrazine groups is 1. The van der Waals surface area contributed by atoms with Gasteiger partial charge in [-0.3, -0.25) is 34.0 Å². The Kier molecular flexibility index (Phi) is 13.9. The lowest BCUT2D eigenvalue weighted by Crippen LogP contribution is -2.62. The zero-order valence-corrected chi connectivity index (χ0v) is 39.1. The number of cyclic esters (lactones) is 1. The fourth-order valence-corrected chi connectivity index (χ4v) is 10.2. The monoisotopic (exact) mass is 892 g/mol. The van der Waals surface area contributed by atoms with E-state index >= 15 is 0 Å². The van der Waals surface area contributed by atoms with Gasteiger partial charge in [0, 0.05) is 86.3 Å². The number of likely N-dealkylation sites (N-methyl/N-ethyl adjacent to an activating group) is 1. The third-order valence-electron chi connectivity index (χ3n) is 12.7. The van der Waals surface area contributed by atoms with Crippen LogP contribution in [0.15, 0.2) is 41.9 Å².